The molecule has 2 aliphatic heterocycles. The second kappa shape index (κ2) is 7.35. The molecule has 0 bridgehead atoms. The highest BCUT2D eigenvalue weighted by atomic mass is 19.1. The summed E-state index contributed by atoms with van der Waals surface area (Å²) in [6.45, 7) is 3.03. The predicted molar refractivity (Wildman–Crippen MR) is 117 cm³/mol. The van der Waals surface area contributed by atoms with Crippen LogP contribution in [0, 0.1) is 5.82 Å². The molecular weight excluding hydrogens is 395 g/mol. The molecule has 0 radical (unpaired) electrons. The van der Waals surface area contributed by atoms with E-state index in [1.54, 1.807) is 18.3 Å². The maximum absolute atomic E-state index is 13.7. The maximum atomic E-state index is 13.7. The number of hydrogen-bond donors (Lipinski definition) is 1. The highest BCUT2D eigenvalue weighted by Gasteiger charge is 2.26. The normalized spacial score (nSPS) is 19.0. The maximum Gasteiger partial charge on any atom is 0.172 e. The zero-order valence-corrected chi connectivity index (χ0v) is 16.8. The first-order chi connectivity index (χ1) is 15.2. The predicted octanol–water partition coefficient (Wildman–Crippen LogP) is 4.18. The SMILES string of the molecule is Fc1ccc2[nH]cc(C3=CCN(CC4COc5ccc6ncncc6c5O4)CC3)c2c1. The molecule has 0 fully saturated rings. The van der Waals surface area contributed by atoms with E-state index in [1.807, 2.05) is 18.3 Å². The number of hydrogen-bond acceptors (Lipinski definition) is 5. The lowest BCUT2D eigenvalue weighted by atomic mass is 9.98. The van der Waals surface area contributed by atoms with Gasteiger partial charge in [-0.2, -0.15) is 0 Å². The first-order valence-corrected chi connectivity index (χ1v) is 10.5. The lowest BCUT2D eigenvalue weighted by Gasteiger charge is -2.33. The molecule has 1 atom stereocenters. The summed E-state index contributed by atoms with van der Waals surface area (Å²) >= 11 is 0. The molecule has 0 saturated heterocycles. The Morgan fingerprint density at radius 1 is 1.19 bits per heavy atom. The summed E-state index contributed by atoms with van der Waals surface area (Å²) in [7, 11) is 0. The Hall–Kier alpha value is -3.45. The summed E-state index contributed by atoms with van der Waals surface area (Å²) in [6.07, 6.45) is 8.37. The minimum atomic E-state index is -0.209. The molecule has 156 valence electrons. The van der Waals surface area contributed by atoms with Crippen molar-refractivity contribution in [1.82, 2.24) is 19.9 Å². The molecule has 0 amide bonds. The van der Waals surface area contributed by atoms with E-state index >= 15 is 0 Å². The molecule has 4 aromatic rings. The van der Waals surface area contributed by atoms with Gasteiger partial charge in [-0.3, -0.25) is 4.90 Å². The molecule has 0 saturated carbocycles. The van der Waals surface area contributed by atoms with Gasteiger partial charge in [0, 0.05) is 48.5 Å². The van der Waals surface area contributed by atoms with E-state index in [2.05, 4.69) is 25.9 Å². The van der Waals surface area contributed by atoms with Crippen molar-refractivity contribution in [3.05, 3.63) is 66.5 Å². The number of benzene rings is 2. The number of aromatic nitrogens is 3. The average Bonchev–Trinajstić information content (AvgIpc) is 3.22. The van der Waals surface area contributed by atoms with Crippen molar-refractivity contribution in [1.29, 1.82) is 0 Å². The van der Waals surface area contributed by atoms with E-state index in [0.717, 1.165) is 64.9 Å². The van der Waals surface area contributed by atoms with Crippen LogP contribution in [0.4, 0.5) is 4.39 Å². The van der Waals surface area contributed by atoms with Crippen LogP contribution in [0.1, 0.15) is 12.0 Å². The van der Waals surface area contributed by atoms with Gasteiger partial charge in [-0.15, -0.1) is 0 Å². The molecular formula is C24H21FN4O2. The summed E-state index contributed by atoms with van der Waals surface area (Å²) < 4.78 is 26.0. The van der Waals surface area contributed by atoms with E-state index in [4.69, 9.17) is 9.47 Å². The Morgan fingerprint density at radius 2 is 2.16 bits per heavy atom. The fourth-order valence-electron chi connectivity index (χ4n) is 4.49. The van der Waals surface area contributed by atoms with Crippen LogP contribution >= 0.6 is 0 Å². The van der Waals surface area contributed by atoms with E-state index in [9.17, 15) is 4.39 Å². The standard InChI is InChI=1S/C24H21FN4O2/c25-16-1-2-21-18(9-16)19(11-27-21)15-5-7-29(8-6-15)12-17-13-30-23-4-3-22-20(24(23)31-17)10-26-14-28-22/h1-5,9-11,14,17,27H,6-8,12-13H2. The first kappa shape index (κ1) is 18.3. The second-order valence-electron chi connectivity index (χ2n) is 8.03. The van der Waals surface area contributed by atoms with Crippen molar-refractivity contribution in [3.63, 3.8) is 0 Å². The van der Waals surface area contributed by atoms with Crippen molar-refractivity contribution < 1.29 is 13.9 Å². The molecule has 2 aromatic carbocycles. The molecule has 0 spiro atoms. The Morgan fingerprint density at radius 3 is 3.06 bits per heavy atom. The average molecular weight is 416 g/mol. The number of nitrogens with zero attached hydrogens (tertiary/aromatic N) is 3. The van der Waals surface area contributed by atoms with Gasteiger partial charge in [0.15, 0.2) is 11.5 Å². The molecule has 0 aliphatic carbocycles. The van der Waals surface area contributed by atoms with Crippen molar-refractivity contribution in [2.24, 2.45) is 0 Å². The lowest BCUT2D eigenvalue weighted by Crippen LogP contribution is -2.42. The fraction of sp³-hybridized carbons (Fsp3) is 0.250. The number of ether oxygens (including phenoxy) is 2. The quantitative estimate of drug-likeness (QED) is 0.543. The van der Waals surface area contributed by atoms with Gasteiger partial charge >= 0.3 is 0 Å². The van der Waals surface area contributed by atoms with E-state index < -0.39 is 0 Å². The highest BCUT2D eigenvalue weighted by molar-refractivity contribution is 5.93. The smallest absolute Gasteiger partial charge is 0.172 e. The third-order valence-electron chi connectivity index (χ3n) is 6.06. The number of halogens is 1. The van der Waals surface area contributed by atoms with Crippen LogP contribution in [0.25, 0.3) is 27.4 Å². The summed E-state index contributed by atoms with van der Waals surface area (Å²) in [5.41, 5.74) is 4.15. The molecule has 2 aromatic heterocycles. The van der Waals surface area contributed by atoms with Crippen molar-refractivity contribution in [2.75, 3.05) is 26.2 Å². The Kier molecular flexibility index (Phi) is 4.35. The van der Waals surface area contributed by atoms with E-state index in [0.29, 0.717) is 6.61 Å². The number of aromatic amines is 1. The van der Waals surface area contributed by atoms with Crippen LogP contribution in [0.3, 0.4) is 0 Å². The molecule has 6 rings (SSSR count). The van der Waals surface area contributed by atoms with E-state index in [-0.39, 0.29) is 11.9 Å². The Labute approximate surface area is 178 Å². The number of H-pyrrole nitrogens is 1. The lowest BCUT2D eigenvalue weighted by molar-refractivity contribution is 0.0632. The van der Waals surface area contributed by atoms with Crippen molar-refractivity contribution in [3.8, 4) is 11.5 Å². The van der Waals surface area contributed by atoms with Crippen LogP contribution in [-0.4, -0.2) is 52.2 Å². The van der Waals surface area contributed by atoms with E-state index in [1.165, 1.54) is 18.0 Å². The Bertz CT molecular complexity index is 1320. The number of rotatable bonds is 3. The highest BCUT2D eigenvalue weighted by Crippen LogP contribution is 2.38. The largest absolute Gasteiger partial charge is 0.486 e. The van der Waals surface area contributed by atoms with Crippen LogP contribution < -0.4 is 9.47 Å². The first-order valence-electron chi connectivity index (χ1n) is 10.5. The summed E-state index contributed by atoms with van der Waals surface area (Å²) in [4.78, 5) is 14.0. The fourth-order valence-corrected chi connectivity index (χ4v) is 4.49. The summed E-state index contributed by atoms with van der Waals surface area (Å²) in [6, 6.07) is 8.71. The molecule has 1 unspecified atom stereocenters. The minimum Gasteiger partial charge on any atom is -0.486 e. The molecule has 7 heteroatoms. The zero-order valence-electron chi connectivity index (χ0n) is 16.8. The molecule has 31 heavy (non-hydrogen) atoms. The Balaban J connectivity index is 1.17. The summed E-state index contributed by atoms with van der Waals surface area (Å²) in [5, 5.41) is 1.81. The van der Waals surface area contributed by atoms with Crippen LogP contribution in [0.15, 0.2) is 55.1 Å². The number of nitrogens with one attached hydrogen (secondary N) is 1. The number of fused-ring (bicyclic) bond motifs is 4. The van der Waals surface area contributed by atoms with Crippen LogP contribution in [0.5, 0.6) is 11.5 Å². The molecule has 2 aliphatic rings. The third kappa shape index (κ3) is 3.31. The second-order valence-corrected chi connectivity index (χ2v) is 8.03. The molecule has 6 nitrogen and oxygen atoms in total. The molecule has 4 heterocycles. The van der Waals surface area contributed by atoms with Gasteiger partial charge in [0.1, 0.15) is 24.9 Å². The van der Waals surface area contributed by atoms with Crippen LogP contribution in [-0.2, 0) is 0 Å². The van der Waals surface area contributed by atoms with Gasteiger partial charge in [-0.1, -0.05) is 6.08 Å². The monoisotopic (exact) mass is 416 g/mol. The zero-order chi connectivity index (χ0) is 20.8. The van der Waals surface area contributed by atoms with Crippen molar-refractivity contribution >= 4 is 27.4 Å². The minimum absolute atomic E-state index is 0.0598. The van der Waals surface area contributed by atoms with Gasteiger partial charge in [0.2, 0.25) is 0 Å². The third-order valence-corrected chi connectivity index (χ3v) is 6.06. The summed E-state index contributed by atoms with van der Waals surface area (Å²) in [5.74, 6) is 1.26. The van der Waals surface area contributed by atoms with Gasteiger partial charge in [-0.05, 0) is 42.3 Å². The van der Waals surface area contributed by atoms with Gasteiger partial charge in [-0.25, -0.2) is 14.4 Å². The van der Waals surface area contributed by atoms with Crippen molar-refractivity contribution in [2.45, 2.75) is 12.5 Å². The van der Waals surface area contributed by atoms with Gasteiger partial charge in [0.25, 0.3) is 0 Å². The molecule has 1 N–H and O–H groups in total. The van der Waals surface area contributed by atoms with Crippen LogP contribution in [0.2, 0.25) is 0 Å². The van der Waals surface area contributed by atoms with Gasteiger partial charge < -0.3 is 14.5 Å². The van der Waals surface area contributed by atoms with Gasteiger partial charge in [0.05, 0.1) is 10.9 Å². The topological polar surface area (TPSA) is 63.3 Å².